The number of nitrogens with zero attached hydrogens (tertiary/aromatic N) is 1. The van der Waals surface area contributed by atoms with Crippen molar-refractivity contribution in [3.05, 3.63) is 95.5 Å². The molecule has 0 saturated carbocycles. The molecule has 0 radical (unpaired) electrons. The molecule has 4 aromatic rings. The van der Waals surface area contributed by atoms with Crippen LogP contribution in [0.4, 0.5) is 11.4 Å². The molecule has 4 aromatic carbocycles. The summed E-state index contributed by atoms with van der Waals surface area (Å²) in [5.74, 6) is -0.0583. The van der Waals surface area contributed by atoms with E-state index in [9.17, 15) is 4.79 Å². The highest BCUT2D eigenvalue weighted by Crippen LogP contribution is 2.49. The van der Waals surface area contributed by atoms with Crippen LogP contribution in [0.2, 0.25) is 5.02 Å². The van der Waals surface area contributed by atoms with Gasteiger partial charge in [0.2, 0.25) is 0 Å². The van der Waals surface area contributed by atoms with Crippen molar-refractivity contribution in [2.45, 2.75) is 9.79 Å². The molecule has 1 heterocycles. The van der Waals surface area contributed by atoms with Crippen molar-refractivity contribution in [1.29, 1.82) is 0 Å². The Morgan fingerprint density at radius 2 is 1.48 bits per heavy atom. The normalized spacial score (nSPS) is 12.6. The Hall–Kier alpha value is -2.75. The van der Waals surface area contributed by atoms with Crippen molar-refractivity contribution in [2.75, 3.05) is 4.90 Å². The van der Waals surface area contributed by atoms with Gasteiger partial charge in [-0.1, -0.05) is 65.8 Å². The van der Waals surface area contributed by atoms with Gasteiger partial charge in [-0.25, -0.2) is 0 Å². The molecule has 5 rings (SSSR count). The van der Waals surface area contributed by atoms with Crippen LogP contribution in [0.1, 0.15) is 10.4 Å². The van der Waals surface area contributed by atoms with Gasteiger partial charge in [0.1, 0.15) is 0 Å². The van der Waals surface area contributed by atoms with Crippen LogP contribution in [0.25, 0.3) is 10.8 Å². The first-order valence-corrected chi connectivity index (χ1v) is 9.80. The van der Waals surface area contributed by atoms with Crippen molar-refractivity contribution < 1.29 is 4.79 Å². The molecule has 0 atom stereocenters. The first-order valence-electron chi connectivity index (χ1n) is 8.60. The molecule has 0 bridgehead atoms. The van der Waals surface area contributed by atoms with E-state index in [1.165, 1.54) is 0 Å². The quantitative estimate of drug-likeness (QED) is 0.352. The molecule has 4 heteroatoms. The van der Waals surface area contributed by atoms with E-state index >= 15 is 0 Å². The zero-order valence-corrected chi connectivity index (χ0v) is 15.8. The minimum absolute atomic E-state index is 0.0583. The Balaban J connectivity index is 1.69. The van der Waals surface area contributed by atoms with Gasteiger partial charge in [0.25, 0.3) is 5.91 Å². The summed E-state index contributed by atoms with van der Waals surface area (Å²) in [4.78, 5) is 17.4. The van der Waals surface area contributed by atoms with E-state index in [4.69, 9.17) is 11.6 Å². The minimum Gasteiger partial charge on any atom is -0.275 e. The van der Waals surface area contributed by atoms with E-state index in [1.54, 1.807) is 16.7 Å². The Morgan fingerprint density at radius 1 is 0.741 bits per heavy atom. The standard InChI is InChI=1S/C23H14ClNOS/c24-18-11-12-22-20(14-18)25(19-7-3-4-8-21(19)27-22)23(26)17-10-9-15-5-1-2-6-16(15)13-17/h1-14H. The second-order valence-corrected chi connectivity index (χ2v) is 7.90. The summed E-state index contributed by atoms with van der Waals surface area (Å²) in [6, 6.07) is 27.5. The lowest BCUT2D eigenvalue weighted by molar-refractivity contribution is 0.0998. The van der Waals surface area contributed by atoms with Crippen molar-refractivity contribution in [1.82, 2.24) is 0 Å². The minimum atomic E-state index is -0.0583. The van der Waals surface area contributed by atoms with E-state index in [-0.39, 0.29) is 5.91 Å². The fraction of sp³-hybridized carbons (Fsp3) is 0. The maximum atomic E-state index is 13.6. The number of anilines is 2. The molecule has 0 saturated heterocycles. The van der Waals surface area contributed by atoms with Gasteiger partial charge in [-0.3, -0.25) is 9.69 Å². The third-order valence-corrected chi connectivity index (χ3v) is 6.05. The first-order chi connectivity index (χ1) is 13.2. The van der Waals surface area contributed by atoms with Crippen molar-refractivity contribution in [2.24, 2.45) is 0 Å². The van der Waals surface area contributed by atoms with Crippen molar-refractivity contribution in [3.63, 3.8) is 0 Å². The van der Waals surface area contributed by atoms with Crippen molar-refractivity contribution in [3.8, 4) is 0 Å². The van der Waals surface area contributed by atoms with Gasteiger partial charge in [-0.05, 0) is 53.2 Å². The summed E-state index contributed by atoms with van der Waals surface area (Å²) in [7, 11) is 0. The number of rotatable bonds is 1. The van der Waals surface area contributed by atoms with E-state index in [0.29, 0.717) is 10.6 Å². The average Bonchev–Trinajstić information content (AvgIpc) is 2.71. The predicted octanol–water partition coefficient (Wildman–Crippen LogP) is 6.94. The highest BCUT2D eigenvalue weighted by Gasteiger charge is 2.29. The van der Waals surface area contributed by atoms with Gasteiger partial charge in [-0.2, -0.15) is 0 Å². The molecule has 2 nitrogen and oxygen atoms in total. The number of carbonyl (C=O) groups excluding carboxylic acids is 1. The molecule has 1 aliphatic heterocycles. The first kappa shape index (κ1) is 16.4. The van der Waals surface area contributed by atoms with Crippen LogP contribution < -0.4 is 4.90 Å². The molecule has 0 unspecified atom stereocenters. The van der Waals surface area contributed by atoms with Crippen LogP contribution in [0.3, 0.4) is 0 Å². The molecule has 130 valence electrons. The third-order valence-electron chi connectivity index (χ3n) is 4.69. The number of fused-ring (bicyclic) bond motifs is 3. The third kappa shape index (κ3) is 2.80. The molecular weight excluding hydrogens is 374 g/mol. The monoisotopic (exact) mass is 387 g/mol. The Labute approximate surface area is 166 Å². The maximum absolute atomic E-state index is 13.6. The van der Waals surface area contributed by atoms with Gasteiger partial charge in [0.05, 0.1) is 11.4 Å². The summed E-state index contributed by atoms with van der Waals surface area (Å²) in [5, 5.41) is 2.78. The number of para-hydroxylation sites is 1. The molecule has 0 aromatic heterocycles. The second-order valence-electron chi connectivity index (χ2n) is 6.38. The number of benzene rings is 4. The fourth-order valence-electron chi connectivity index (χ4n) is 3.40. The number of carbonyl (C=O) groups is 1. The van der Waals surface area contributed by atoms with Gasteiger partial charge >= 0.3 is 0 Å². The number of hydrogen-bond acceptors (Lipinski definition) is 2. The predicted molar refractivity (Wildman–Crippen MR) is 112 cm³/mol. The molecule has 27 heavy (non-hydrogen) atoms. The average molecular weight is 388 g/mol. The SMILES string of the molecule is O=C(c1ccc2ccccc2c1)N1c2ccccc2Sc2ccc(Cl)cc21. The van der Waals surface area contributed by atoms with E-state index in [1.807, 2.05) is 84.9 Å². The smallest absolute Gasteiger partial charge is 0.262 e. The van der Waals surface area contributed by atoms with Crippen LogP contribution in [0.15, 0.2) is 94.7 Å². The van der Waals surface area contributed by atoms with E-state index < -0.39 is 0 Å². The molecule has 1 amide bonds. The lowest BCUT2D eigenvalue weighted by Crippen LogP contribution is -2.28. The number of amides is 1. The van der Waals surface area contributed by atoms with Gasteiger partial charge in [0, 0.05) is 20.4 Å². The van der Waals surface area contributed by atoms with Crippen LogP contribution in [-0.4, -0.2) is 5.91 Å². The second kappa shape index (κ2) is 6.45. The highest BCUT2D eigenvalue weighted by atomic mass is 35.5. The van der Waals surface area contributed by atoms with Crippen LogP contribution >= 0.6 is 23.4 Å². The molecule has 1 aliphatic rings. The topological polar surface area (TPSA) is 20.3 Å². The summed E-state index contributed by atoms with van der Waals surface area (Å²) in [6.45, 7) is 0. The molecule has 0 spiro atoms. The van der Waals surface area contributed by atoms with E-state index in [2.05, 4.69) is 0 Å². The zero-order valence-electron chi connectivity index (χ0n) is 14.2. The van der Waals surface area contributed by atoms with Crippen LogP contribution in [-0.2, 0) is 0 Å². The fourth-order valence-corrected chi connectivity index (χ4v) is 4.60. The molecular formula is C23H14ClNOS. The Morgan fingerprint density at radius 3 is 2.37 bits per heavy atom. The summed E-state index contributed by atoms with van der Waals surface area (Å²) < 4.78 is 0. The number of halogens is 1. The van der Waals surface area contributed by atoms with Crippen LogP contribution in [0.5, 0.6) is 0 Å². The lowest BCUT2D eigenvalue weighted by atomic mass is 10.1. The molecule has 0 fully saturated rings. The maximum Gasteiger partial charge on any atom is 0.262 e. The summed E-state index contributed by atoms with van der Waals surface area (Å²) in [5.41, 5.74) is 2.36. The highest BCUT2D eigenvalue weighted by molar-refractivity contribution is 7.99. The Bertz CT molecular complexity index is 1200. The molecule has 0 aliphatic carbocycles. The largest absolute Gasteiger partial charge is 0.275 e. The summed E-state index contributed by atoms with van der Waals surface area (Å²) in [6.07, 6.45) is 0. The van der Waals surface area contributed by atoms with E-state index in [0.717, 1.165) is 31.9 Å². The lowest BCUT2D eigenvalue weighted by Gasteiger charge is -2.31. The van der Waals surface area contributed by atoms with Crippen molar-refractivity contribution >= 4 is 51.4 Å². The summed E-state index contributed by atoms with van der Waals surface area (Å²) >= 11 is 7.91. The number of hydrogen-bond donors (Lipinski definition) is 0. The Kier molecular flexibility index (Phi) is 3.92. The van der Waals surface area contributed by atoms with Gasteiger partial charge in [-0.15, -0.1) is 0 Å². The molecule has 0 N–H and O–H groups in total. The van der Waals surface area contributed by atoms with Crippen LogP contribution in [0, 0.1) is 0 Å². The van der Waals surface area contributed by atoms with Gasteiger partial charge < -0.3 is 0 Å². The zero-order chi connectivity index (χ0) is 18.4. The van der Waals surface area contributed by atoms with Gasteiger partial charge in [0.15, 0.2) is 0 Å².